The Bertz CT molecular complexity index is 333. The lowest BCUT2D eigenvalue weighted by Gasteiger charge is -2.23. The summed E-state index contributed by atoms with van der Waals surface area (Å²) >= 11 is 1.70. The van der Waals surface area contributed by atoms with Gasteiger partial charge in [0.15, 0.2) is 0 Å². The van der Waals surface area contributed by atoms with Crippen molar-refractivity contribution >= 4 is 11.8 Å². The second-order valence-corrected chi connectivity index (χ2v) is 5.11. The average molecular weight is 255 g/mol. The van der Waals surface area contributed by atoms with E-state index in [-0.39, 0.29) is 17.9 Å². The molecule has 1 aromatic rings. The van der Waals surface area contributed by atoms with Gasteiger partial charge in [-0.2, -0.15) is 0 Å². The maximum absolute atomic E-state index is 8.93. The van der Waals surface area contributed by atoms with Crippen molar-refractivity contribution in [2.24, 2.45) is 5.73 Å². The molecule has 0 aliphatic heterocycles. The van der Waals surface area contributed by atoms with Gasteiger partial charge in [0.2, 0.25) is 0 Å². The molecular weight excluding hydrogens is 234 g/mol. The molecule has 0 fully saturated rings. The number of aliphatic hydroxyl groups is 1. The van der Waals surface area contributed by atoms with Gasteiger partial charge in [0.25, 0.3) is 0 Å². The third-order valence-corrected chi connectivity index (χ3v) is 4.07. The highest BCUT2D eigenvalue weighted by Gasteiger charge is 2.19. The van der Waals surface area contributed by atoms with E-state index in [4.69, 9.17) is 15.6 Å². The van der Waals surface area contributed by atoms with Gasteiger partial charge in [-0.25, -0.2) is 0 Å². The van der Waals surface area contributed by atoms with Crippen molar-refractivity contribution in [3.63, 3.8) is 0 Å². The lowest BCUT2D eigenvalue weighted by atomic mass is 10.0. The minimum absolute atomic E-state index is 0.0960. The zero-order valence-corrected chi connectivity index (χ0v) is 11.2. The first-order valence-electron chi connectivity index (χ1n) is 5.85. The minimum atomic E-state index is 0.0960. The molecule has 2 atom stereocenters. The van der Waals surface area contributed by atoms with Gasteiger partial charge in [-0.1, -0.05) is 19.1 Å². The summed E-state index contributed by atoms with van der Waals surface area (Å²) in [4.78, 5) is 0. The monoisotopic (exact) mass is 255 g/mol. The fourth-order valence-corrected chi connectivity index (χ4v) is 2.82. The molecule has 0 bridgehead atoms. The molecule has 3 nitrogen and oxygen atoms in total. The molecule has 2 unspecified atom stereocenters. The predicted molar refractivity (Wildman–Crippen MR) is 73.5 cm³/mol. The van der Waals surface area contributed by atoms with E-state index >= 15 is 0 Å². The van der Waals surface area contributed by atoms with Crippen LogP contribution >= 0.6 is 11.8 Å². The number of nitrogens with two attached hydrogens (primary N) is 1. The van der Waals surface area contributed by atoms with Crippen molar-refractivity contribution in [3.8, 4) is 5.75 Å². The lowest BCUT2D eigenvalue weighted by molar-refractivity contribution is 0.322. The summed E-state index contributed by atoms with van der Waals surface area (Å²) in [6.07, 6.45) is 0.917. The Balaban J connectivity index is 2.86. The maximum atomic E-state index is 8.93. The minimum Gasteiger partial charge on any atom is -0.497 e. The Morgan fingerprint density at radius 2 is 2.24 bits per heavy atom. The van der Waals surface area contributed by atoms with Gasteiger partial charge in [0.1, 0.15) is 5.75 Å². The van der Waals surface area contributed by atoms with E-state index in [1.807, 2.05) is 18.2 Å². The lowest BCUT2D eigenvalue weighted by Crippen LogP contribution is -2.26. The SMILES string of the molecule is CCC(N)C(SCCO)c1cccc(OC)c1. The Hall–Kier alpha value is -0.710. The number of aliphatic hydroxyl groups excluding tert-OH is 1. The van der Waals surface area contributed by atoms with E-state index in [1.165, 1.54) is 0 Å². The first-order chi connectivity index (χ1) is 8.22. The summed E-state index contributed by atoms with van der Waals surface area (Å²) in [7, 11) is 1.66. The summed E-state index contributed by atoms with van der Waals surface area (Å²) in [6, 6.07) is 8.08. The van der Waals surface area contributed by atoms with Crippen molar-refractivity contribution in [2.75, 3.05) is 19.5 Å². The topological polar surface area (TPSA) is 55.5 Å². The van der Waals surface area contributed by atoms with E-state index in [9.17, 15) is 0 Å². The zero-order chi connectivity index (χ0) is 12.7. The van der Waals surface area contributed by atoms with Crippen LogP contribution in [-0.4, -0.2) is 30.6 Å². The van der Waals surface area contributed by atoms with E-state index < -0.39 is 0 Å². The summed E-state index contributed by atoms with van der Waals surface area (Å²) in [6.45, 7) is 2.26. The first-order valence-corrected chi connectivity index (χ1v) is 6.89. The van der Waals surface area contributed by atoms with Gasteiger partial charge in [0.05, 0.1) is 13.7 Å². The molecule has 96 valence electrons. The summed E-state index contributed by atoms with van der Waals surface area (Å²) in [5.41, 5.74) is 7.30. The molecule has 0 aromatic heterocycles. The molecule has 0 heterocycles. The highest BCUT2D eigenvalue weighted by molar-refractivity contribution is 7.99. The molecule has 1 rings (SSSR count). The Kier molecular flexibility index (Phi) is 6.40. The van der Waals surface area contributed by atoms with Gasteiger partial charge in [-0.3, -0.25) is 0 Å². The molecule has 0 radical (unpaired) electrons. The molecule has 0 aliphatic rings. The van der Waals surface area contributed by atoms with Gasteiger partial charge in [-0.05, 0) is 24.1 Å². The van der Waals surface area contributed by atoms with Crippen LogP contribution in [0.2, 0.25) is 0 Å². The van der Waals surface area contributed by atoms with E-state index in [0.717, 1.165) is 17.7 Å². The van der Waals surface area contributed by atoms with Gasteiger partial charge >= 0.3 is 0 Å². The maximum Gasteiger partial charge on any atom is 0.119 e. The number of methoxy groups -OCH3 is 1. The van der Waals surface area contributed by atoms with Crippen molar-refractivity contribution in [3.05, 3.63) is 29.8 Å². The number of ether oxygens (including phenoxy) is 1. The van der Waals surface area contributed by atoms with Gasteiger partial charge < -0.3 is 15.6 Å². The highest BCUT2D eigenvalue weighted by Crippen LogP contribution is 2.33. The van der Waals surface area contributed by atoms with Crippen molar-refractivity contribution in [1.82, 2.24) is 0 Å². The normalized spacial score (nSPS) is 14.4. The number of rotatable bonds is 7. The molecular formula is C13H21NO2S. The summed E-state index contributed by atoms with van der Waals surface area (Å²) in [5, 5.41) is 9.14. The Labute approximate surface area is 107 Å². The van der Waals surface area contributed by atoms with Crippen LogP contribution in [0.5, 0.6) is 5.75 Å². The molecule has 0 saturated heterocycles. The molecule has 0 saturated carbocycles. The molecule has 17 heavy (non-hydrogen) atoms. The third kappa shape index (κ3) is 4.22. The van der Waals surface area contributed by atoms with E-state index in [2.05, 4.69) is 13.0 Å². The number of thioether (sulfide) groups is 1. The highest BCUT2D eigenvalue weighted by atomic mass is 32.2. The third-order valence-electron chi connectivity index (χ3n) is 2.67. The summed E-state index contributed by atoms with van der Waals surface area (Å²) < 4.78 is 5.22. The molecule has 3 N–H and O–H groups in total. The molecule has 0 aliphatic carbocycles. The Morgan fingerprint density at radius 3 is 2.82 bits per heavy atom. The fraction of sp³-hybridized carbons (Fsp3) is 0.538. The smallest absolute Gasteiger partial charge is 0.119 e. The predicted octanol–water partition coefficient (Wildman–Crippen LogP) is 2.20. The van der Waals surface area contributed by atoms with Crippen LogP contribution < -0.4 is 10.5 Å². The van der Waals surface area contributed by atoms with E-state index in [0.29, 0.717) is 5.75 Å². The molecule has 0 amide bonds. The standard InChI is InChI=1S/C13H21NO2S/c1-3-12(14)13(17-8-7-15)10-5-4-6-11(9-10)16-2/h4-6,9,12-13,15H,3,7-8,14H2,1-2H3. The van der Waals surface area contributed by atoms with Crippen LogP contribution in [0.1, 0.15) is 24.2 Å². The van der Waals surface area contributed by atoms with Gasteiger partial charge in [-0.15, -0.1) is 11.8 Å². The summed E-state index contributed by atoms with van der Waals surface area (Å²) in [5.74, 6) is 1.55. The van der Waals surface area contributed by atoms with E-state index in [1.54, 1.807) is 18.9 Å². The fourth-order valence-electron chi connectivity index (χ4n) is 1.68. The molecule has 1 aromatic carbocycles. The second kappa shape index (κ2) is 7.58. The van der Waals surface area contributed by atoms with Crippen molar-refractivity contribution < 1.29 is 9.84 Å². The van der Waals surface area contributed by atoms with Crippen molar-refractivity contribution in [2.45, 2.75) is 24.6 Å². The van der Waals surface area contributed by atoms with Crippen LogP contribution in [0.3, 0.4) is 0 Å². The average Bonchev–Trinajstić information content (AvgIpc) is 2.39. The molecule has 4 heteroatoms. The zero-order valence-electron chi connectivity index (χ0n) is 10.4. The Morgan fingerprint density at radius 1 is 1.47 bits per heavy atom. The van der Waals surface area contributed by atoms with Crippen LogP contribution in [0.15, 0.2) is 24.3 Å². The number of benzene rings is 1. The number of hydrogen-bond donors (Lipinski definition) is 2. The van der Waals surface area contributed by atoms with Crippen LogP contribution in [-0.2, 0) is 0 Å². The number of hydrogen-bond acceptors (Lipinski definition) is 4. The van der Waals surface area contributed by atoms with Crippen molar-refractivity contribution in [1.29, 1.82) is 0 Å². The van der Waals surface area contributed by atoms with Gasteiger partial charge in [0, 0.05) is 17.0 Å². The first kappa shape index (κ1) is 14.4. The van der Waals surface area contributed by atoms with Crippen LogP contribution in [0.4, 0.5) is 0 Å². The second-order valence-electron chi connectivity index (χ2n) is 3.86. The van der Waals surface area contributed by atoms with Crippen LogP contribution in [0.25, 0.3) is 0 Å². The quantitative estimate of drug-likeness (QED) is 0.784. The molecule has 0 spiro atoms. The van der Waals surface area contributed by atoms with Crippen LogP contribution in [0, 0.1) is 0 Å². The largest absolute Gasteiger partial charge is 0.497 e.